The second kappa shape index (κ2) is 11.2. The number of ketones is 1. The molecular weight excluding hydrogens is 736 g/mol. The van der Waals surface area contributed by atoms with Crippen LogP contribution in [0.3, 0.4) is 0 Å². The number of fused-ring (bicyclic) bond motifs is 5. The lowest BCUT2D eigenvalue weighted by atomic mass is 9.84. The molecule has 2 fully saturated rings. The molecule has 6 rings (SSSR count). The van der Waals surface area contributed by atoms with Crippen molar-refractivity contribution < 1.29 is 33.1 Å². The molecule has 2 aromatic carbocycles. The first kappa shape index (κ1) is 32.2. The molecule has 45 heavy (non-hydrogen) atoms. The van der Waals surface area contributed by atoms with Gasteiger partial charge < -0.3 is 9.15 Å². The topological polar surface area (TPSA) is 114 Å². The maximum atomic E-state index is 14.0. The van der Waals surface area contributed by atoms with Crippen LogP contribution < -0.4 is 4.74 Å². The quantitative estimate of drug-likeness (QED) is 0.0855. The molecule has 16 heteroatoms. The summed E-state index contributed by atoms with van der Waals surface area (Å²) in [7, 11) is 0. The van der Waals surface area contributed by atoms with Gasteiger partial charge >= 0.3 is 5.97 Å². The molecule has 1 saturated carbocycles. The molecule has 1 saturated heterocycles. The number of nitrogens with zero attached hydrogens (tertiary/aromatic N) is 2. The summed E-state index contributed by atoms with van der Waals surface area (Å²) in [5.74, 6) is -7.54. The first-order valence-corrected chi connectivity index (χ1v) is 15.5. The lowest BCUT2D eigenvalue weighted by molar-refractivity contribution is -0.154. The number of hydrogen-bond donors (Lipinski definition) is 0. The molecule has 0 unspecified atom stereocenters. The van der Waals surface area contributed by atoms with Crippen LogP contribution in [0.25, 0.3) is 0 Å². The summed E-state index contributed by atoms with van der Waals surface area (Å²) in [6.07, 6.45) is 1.31. The van der Waals surface area contributed by atoms with E-state index in [9.17, 15) is 24.0 Å². The van der Waals surface area contributed by atoms with Gasteiger partial charge in [-0.1, -0.05) is 70.1 Å². The fourth-order valence-electron chi connectivity index (χ4n) is 5.71. The number of ether oxygens (including phenoxy) is 1. The number of rotatable bonds is 7. The van der Waals surface area contributed by atoms with Gasteiger partial charge in [0.1, 0.15) is 22.0 Å². The first-order chi connectivity index (χ1) is 21.2. The van der Waals surface area contributed by atoms with Crippen molar-refractivity contribution in [2.24, 2.45) is 11.8 Å². The largest absolute Gasteiger partial charge is 0.457 e. The van der Waals surface area contributed by atoms with E-state index >= 15 is 0 Å². The molecule has 4 atom stereocenters. The second-order valence-electron chi connectivity index (χ2n) is 10.2. The molecule has 3 aromatic rings. The molecule has 0 spiro atoms. The van der Waals surface area contributed by atoms with Gasteiger partial charge in [0.2, 0.25) is 5.76 Å². The Balaban J connectivity index is 1.34. The van der Waals surface area contributed by atoms with Gasteiger partial charge in [-0.2, -0.15) is 5.01 Å². The molecule has 2 heterocycles. The average molecular weight is 752 g/mol. The van der Waals surface area contributed by atoms with Crippen LogP contribution in [-0.2, 0) is 9.59 Å². The van der Waals surface area contributed by atoms with Gasteiger partial charge in [-0.05, 0) is 48.5 Å². The third-order valence-corrected chi connectivity index (χ3v) is 12.5. The fourth-order valence-corrected chi connectivity index (χ4v) is 8.86. The molecule has 3 amide bonds. The van der Waals surface area contributed by atoms with Gasteiger partial charge in [-0.3, -0.25) is 19.2 Å². The summed E-state index contributed by atoms with van der Waals surface area (Å²) in [6, 6.07) is 14.1. The molecule has 3 aliphatic rings. The molecule has 1 aliphatic heterocycles. The van der Waals surface area contributed by atoms with Crippen LogP contribution in [0, 0.1) is 11.8 Å². The van der Waals surface area contributed by atoms with Crippen LogP contribution in [0.2, 0.25) is 5.02 Å². The van der Waals surface area contributed by atoms with E-state index in [-0.39, 0.29) is 37.7 Å². The number of furan rings is 1. The Morgan fingerprint density at radius 1 is 0.822 bits per heavy atom. The minimum Gasteiger partial charge on any atom is -0.457 e. The number of Topliss-reactive ketones (excluding diaryl/α,β-unsaturated/α-hetero) is 1. The van der Waals surface area contributed by atoms with Crippen molar-refractivity contribution in [1.29, 1.82) is 0 Å². The predicted molar refractivity (Wildman–Crippen MR) is 166 cm³/mol. The van der Waals surface area contributed by atoms with Crippen molar-refractivity contribution in [1.82, 2.24) is 10.0 Å². The third kappa shape index (κ3) is 4.47. The standard InChI is InChI=1S/C29H15Cl7N2O7/c30-16-5-2-1-4-15(16)23(40)37(12-17(39)13-7-9-14(10-8-13)45-26(43)18-6-3-11-44-18)38-24(41)19-20(25(38)42)28(34)22(32)21(31)27(19,33)29(28,35)36/h1-11,19-20H,12H2/t19-,20-,27-,28-/m1/s1. The van der Waals surface area contributed by atoms with E-state index in [1.54, 1.807) is 6.07 Å². The van der Waals surface area contributed by atoms with Crippen molar-refractivity contribution in [2.75, 3.05) is 6.54 Å². The first-order valence-electron chi connectivity index (χ1n) is 12.8. The second-order valence-corrected chi connectivity index (χ2v) is 13.9. The predicted octanol–water partition coefficient (Wildman–Crippen LogP) is 6.84. The Morgan fingerprint density at radius 2 is 1.40 bits per heavy atom. The lowest BCUT2D eigenvalue weighted by Crippen LogP contribution is -2.56. The van der Waals surface area contributed by atoms with Crippen LogP contribution in [0.5, 0.6) is 5.75 Å². The highest BCUT2D eigenvalue weighted by molar-refractivity contribution is 6.66. The molecule has 0 radical (unpaired) electrons. The number of esters is 1. The van der Waals surface area contributed by atoms with Crippen molar-refractivity contribution in [3.63, 3.8) is 0 Å². The van der Waals surface area contributed by atoms with Gasteiger partial charge in [0.15, 0.2) is 10.1 Å². The van der Waals surface area contributed by atoms with Gasteiger partial charge in [-0.25, -0.2) is 9.80 Å². The smallest absolute Gasteiger partial charge is 0.379 e. The number of hydrazine groups is 1. The monoisotopic (exact) mass is 748 g/mol. The van der Waals surface area contributed by atoms with Gasteiger partial charge in [-0.15, -0.1) is 23.2 Å². The molecule has 2 aliphatic carbocycles. The molecule has 0 N–H and O–H groups in total. The summed E-state index contributed by atoms with van der Waals surface area (Å²) >= 11 is 45.8. The average Bonchev–Trinajstić information content (AvgIpc) is 3.70. The van der Waals surface area contributed by atoms with E-state index in [4.69, 9.17) is 90.4 Å². The summed E-state index contributed by atoms with van der Waals surface area (Å²) in [5.41, 5.74) is -0.0767. The number of amides is 3. The highest BCUT2D eigenvalue weighted by atomic mass is 35.5. The number of carbonyl (C=O) groups is 5. The maximum Gasteiger partial charge on any atom is 0.379 e. The van der Waals surface area contributed by atoms with E-state index in [0.29, 0.717) is 10.0 Å². The number of hydrogen-bond acceptors (Lipinski definition) is 7. The molecule has 1 aromatic heterocycles. The van der Waals surface area contributed by atoms with Crippen molar-refractivity contribution >= 4 is 111 Å². The third-order valence-electron chi connectivity index (χ3n) is 7.87. The van der Waals surface area contributed by atoms with Crippen molar-refractivity contribution in [3.8, 4) is 5.75 Å². The summed E-state index contributed by atoms with van der Waals surface area (Å²) in [6.45, 7) is -0.821. The van der Waals surface area contributed by atoms with Gasteiger partial charge in [0, 0.05) is 5.56 Å². The number of benzene rings is 2. The van der Waals surface area contributed by atoms with E-state index in [2.05, 4.69) is 0 Å². The number of imide groups is 1. The minimum atomic E-state index is -2.19. The van der Waals surface area contributed by atoms with Crippen LogP contribution >= 0.6 is 81.2 Å². The number of alkyl halides is 4. The van der Waals surface area contributed by atoms with E-state index in [1.165, 1.54) is 60.9 Å². The lowest BCUT2D eigenvalue weighted by Gasteiger charge is -2.36. The van der Waals surface area contributed by atoms with Crippen LogP contribution in [0.4, 0.5) is 0 Å². The highest BCUT2D eigenvalue weighted by Crippen LogP contribution is 2.77. The SMILES string of the molecule is O=C(CN(C(=O)c1ccccc1Cl)N1C(=O)[C@H]2[C@H](C1=O)[C@@]1(Cl)C(Cl)=C(Cl)[C@@]2(Cl)C1(Cl)Cl)c1ccc(OC(=O)c2ccco2)cc1. The Kier molecular flexibility index (Phi) is 8.01. The summed E-state index contributed by atoms with van der Waals surface area (Å²) < 4.78 is 8.03. The number of allylic oxidation sites excluding steroid dienone is 2. The van der Waals surface area contributed by atoms with Crippen molar-refractivity contribution in [2.45, 2.75) is 14.1 Å². The van der Waals surface area contributed by atoms with Crippen LogP contribution in [-0.4, -0.2) is 60.1 Å². The summed E-state index contributed by atoms with van der Waals surface area (Å²) in [4.78, 5) is 63.4. The Bertz CT molecular complexity index is 1780. The zero-order valence-corrected chi connectivity index (χ0v) is 27.4. The van der Waals surface area contributed by atoms with Crippen molar-refractivity contribution in [3.05, 3.63) is 98.9 Å². The maximum absolute atomic E-state index is 14.0. The van der Waals surface area contributed by atoms with E-state index in [0.717, 1.165) is 0 Å². The zero-order chi connectivity index (χ0) is 32.6. The van der Waals surface area contributed by atoms with Gasteiger partial charge in [0.25, 0.3) is 17.7 Å². The fraction of sp³-hybridized carbons (Fsp3) is 0.207. The van der Waals surface area contributed by atoms with Crippen LogP contribution in [0.15, 0.2) is 81.4 Å². The molecule has 232 valence electrons. The molecular formula is C29H15Cl7N2O7. The Morgan fingerprint density at radius 3 is 1.93 bits per heavy atom. The normalized spacial score (nSPS) is 26.3. The number of halogens is 7. The van der Waals surface area contributed by atoms with Crippen LogP contribution in [0.1, 0.15) is 31.3 Å². The summed E-state index contributed by atoms with van der Waals surface area (Å²) in [5, 5.41) is 0.474. The van der Waals surface area contributed by atoms with E-state index in [1.807, 2.05) is 0 Å². The molecule has 9 nitrogen and oxygen atoms in total. The Hall–Kier alpha value is -2.76. The minimum absolute atomic E-state index is 0.0158. The van der Waals surface area contributed by atoms with E-state index < -0.39 is 61.9 Å². The molecule has 2 bridgehead atoms. The highest BCUT2D eigenvalue weighted by Gasteiger charge is 2.88. The zero-order valence-electron chi connectivity index (χ0n) is 22.1. The van der Waals surface area contributed by atoms with Gasteiger partial charge in [0.05, 0.1) is 38.7 Å². The number of carbonyl (C=O) groups excluding carboxylic acids is 5. The Labute approximate surface area is 289 Å².